The molecule has 2 aromatic rings. The molecule has 27 heavy (non-hydrogen) atoms. The summed E-state index contributed by atoms with van der Waals surface area (Å²) in [6.07, 6.45) is 1.01. The van der Waals surface area contributed by atoms with Crippen LogP contribution in [-0.4, -0.2) is 33.7 Å². The van der Waals surface area contributed by atoms with Gasteiger partial charge in [-0.15, -0.1) is 0 Å². The lowest BCUT2D eigenvalue weighted by atomic mass is 10.2. The monoisotopic (exact) mass is 414 g/mol. The van der Waals surface area contributed by atoms with Crippen LogP contribution in [0.4, 0.5) is 15.8 Å². The van der Waals surface area contributed by atoms with E-state index >= 15 is 0 Å². The molecule has 0 spiro atoms. The lowest BCUT2D eigenvalue weighted by Crippen LogP contribution is -2.45. The fraction of sp³-hybridized carbons (Fsp3) is 0.278. The van der Waals surface area contributed by atoms with Crippen molar-refractivity contribution in [2.24, 2.45) is 0 Å². The number of hydrogen-bond acceptors (Lipinski definition) is 4. The summed E-state index contributed by atoms with van der Waals surface area (Å²) < 4.78 is 44.4. The second-order valence-corrected chi connectivity index (χ2v) is 8.29. The molecule has 0 aliphatic heterocycles. The van der Waals surface area contributed by atoms with Crippen molar-refractivity contribution in [1.82, 2.24) is 0 Å². The number of methoxy groups -OCH3 is 1. The maximum atomic E-state index is 13.3. The Kier molecular flexibility index (Phi) is 6.33. The highest BCUT2D eigenvalue weighted by molar-refractivity contribution is 7.92. The van der Waals surface area contributed by atoms with Crippen LogP contribution in [-0.2, 0) is 14.8 Å². The number of carbonyl (C=O) groups is 1. The van der Waals surface area contributed by atoms with Crippen LogP contribution in [0, 0.1) is 12.7 Å². The minimum absolute atomic E-state index is 0.152. The number of aryl methyl sites for hydroxylation is 1. The van der Waals surface area contributed by atoms with Crippen LogP contribution in [0.3, 0.4) is 0 Å². The zero-order chi connectivity index (χ0) is 20.4. The number of halogens is 2. The number of benzene rings is 2. The number of amides is 1. The predicted octanol–water partition coefficient (Wildman–Crippen LogP) is 3.59. The van der Waals surface area contributed by atoms with Crippen LogP contribution in [0.5, 0.6) is 5.75 Å². The molecule has 1 amide bonds. The summed E-state index contributed by atoms with van der Waals surface area (Å²) in [5.41, 5.74) is 1.31. The maximum Gasteiger partial charge on any atom is 0.247 e. The van der Waals surface area contributed by atoms with Crippen LogP contribution in [0.15, 0.2) is 36.4 Å². The molecule has 6 nitrogen and oxygen atoms in total. The van der Waals surface area contributed by atoms with E-state index in [1.807, 2.05) is 0 Å². The molecule has 0 saturated heterocycles. The van der Waals surface area contributed by atoms with Crippen molar-refractivity contribution in [3.05, 3.63) is 52.8 Å². The molecule has 146 valence electrons. The summed E-state index contributed by atoms with van der Waals surface area (Å²) in [6.45, 7) is 3.25. The molecule has 0 aliphatic carbocycles. The van der Waals surface area contributed by atoms with E-state index in [0.29, 0.717) is 5.75 Å². The SMILES string of the molecule is COc1ccc(C)cc1N(C(C)C(=O)Nc1ccc(F)c(Cl)c1)S(C)(=O)=O. The van der Waals surface area contributed by atoms with Gasteiger partial charge in [0.25, 0.3) is 0 Å². The van der Waals surface area contributed by atoms with Gasteiger partial charge < -0.3 is 10.1 Å². The van der Waals surface area contributed by atoms with E-state index in [9.17, 15) is 17.6 Å². The molecule has 1 N–H and O–H groups in total. The quantitative estimate of drug-likeness (QED) is 0.783. The zero-order valence-electron chi connectivity index (χ0n) is 15.3. The zero-order valence-corrected chi connectivity index (χ0v) is 16.9. The Morgan fingerprint density at radius 2 is 1.93 bits per heavy atom. The fourth-order valence-electron chi connectivity index (χ4n) is 2.57. The molecule has 0 fully saturated rings. The third kappa shape index (κ3) is 4.90. The number of hydrogen-bond donors (Lipinski definition) is 1. The van der Waals surface area contributed by atoms with E-state index in [1.165, 1.54) is 26.2 Å². The van der Waals surface area contributed by atoms with E-state index < -0.39 is 27.8 Å². The molecular formula is C18H20ClFN2O4S. The van der Waals surface area contributed by atoms with Gasteiger partial charge in [-0.25, -0.2) is 12.8 Å². The first-order valence-corrected chi connectivity index (χ1v) is 10.2. The van der Waals surface area contributed by atoms with Crippen molar-refractivity contribution >= 4 is 38.9 Å². The van der Waals surface area contributed by atoms with E-state index in [1.54, 1.807) is 25.1 Å². The molecule has 0 aromatic heterocycles. The van der Waals surface area contributed by atoms with Crippen LogP contribution in [0.2, 0.25) is 5.02 Å². The highest BCUT2D eigenvalue weighted by Gasteiger charge is 2.31. The Bertz CT molecular complexity index is 966. The lowest BCUT2D eigenvalue weighted by molar-refractivity contribution is -0.116. The van der Waals surface area contributed by atoms with Crippen molar-refractivity contribution in [3.63, 3.8) is 0 Å². The molecule has 0 bridgehead atoms. The Morgan fingerprint density at radius 1 is 1.26 bits per heavy atom. The molecule has 2 aromatic carbocycles. The van der Waals surface area contributed by atoms with Crippen LogP contribution < -0.4 is 14.4 Å². The Hall–Kier alpha value is -2.32. The molecule has 2 rings (SSSR count). The van der Waals surface area contributed by atoms with Gasteiger partial charge >= 0.3 is 0 Å². The molecule has 0 radical (unpaired) electrons. The summed E-state index contributed by atoms with van der Waals surface area (Å²) in [5.74, 6) is -0.910. The highest BCUT2D eigenvalue weighted by atomic mass is 35.5. The Labute approximate surface area is 162 Å². The van der Waals surface area contributed by atoms with E-state index in [0.717, 1.165) is 22.2 Å². The smallest absolute Gasteiger partial charge is 0.247 e. The van der Waals surface area contributed by atoms with Gasteiger partial charge in [0, 0.05) is 5.69 Å². The number of nitrogens with one attached hydrogen (secondary N) is 1. The number of nitrogens with zero attached hydrogens (tertiary/aromatic N) is 1. The van der Waals surface area contributed by atoms with E-state index in [-0.39, 0.29) is 16.4 Å². The van der Waals surface area contributed by atoms with Crippen molar-refractivity contribution in [3.8, 4) is 5.75 Å². The number of rotatable bonds is 6. The second-order valence-electron chi connectivity index (χ2n) is 6.03. The average Bonchev–Trinajstić information content (AvgIpc) is 2.57. The summed E-state index contributed by atoms with van der Waals surface area (Å²) in [5, 5.41) is 2.40. The van der Waals surface area contributed by atoms with E-state index in [4.69, 9.17) is 16.3 Å². The average molecular weight is 415 g/mol. The number of carbonyl (C=O) groups excluding carboxylic acids is 1. The van der Waals surface area contributed by atoms with Gasteiger partial charge in [-0.1, -0.05) is 17.7 Å². The molecular weight excluding hydrogens is 395 g/mol. The first-order valence-electron chi connectivity index (χ1n) is 7.94. The molecule has 9 heteroatoms. The van der Waals surface area contributed by atoms with Crippen molar-refractivity contribution in [2.45, 2.75) is 19.9 Å². The van der Waals surface area contributed by atoms with Gasteiger partial charge in [0.15, 0.2) is 0 Å². The van der Waals surface area contributed by atoms with Gasteiger partial charge in [-0.3, -0.25) is 9.10 Å². The molecule has 1 atom stereocenters. The summed E-state index contributed by atoms with van der Waals surface area (Å²) >= 11 is 5.72. The number of ether oxygens (including phenoxy) is 1. The van der Waals surface area contributed by atoms with Crippen LogP contribution >= 0.6 is 11.6 Å². The number of sulfonamides is 1. The Morgan fingerprint density at radius 3 is 2.48 bits per heavy atom. The van der Waals surface area contributed by atoms with Crippen molar-refractivity contribution in [2.75, 3.05) is 23.0 Å². The summed E-state index contributed by atoms with van der Waals surface area (Å²) in [6, 6.07) is 7.63. The van der Waals surface area contributed by atoms with Gasteiger partial charge in [-0.2, -0.15) is 0 Å². The normalized spacial score (nSPS) is 12.4. The third-order valence-electron chi connectivity index (χ3n) is 3.85. The maximum absolute atomic E-state index is 13.3. The minimum atomic E-state index is -3.81. The van der Waals surface area contributed by atoms with Gasteiger partial charge in [0.1, 0.15) is 17.6 Å². The van der Waals surface area contributed by atoms with E-state index in [2.05, 4.69) is 5.32 Å². The summed E-state index contributed by atoms with van der Waals surface area (Å²) in [4.78, 5) is 12.7. The van der Waals surface area contributed by atoms with Crippen LogP contribution in [0.25, 0.3) is 0 Å². The second kappa shape index (κ2) is 8.14. The Balaban J connectivity index is 2.41. The highest BCUT2D eigenvalue weighted by Crippen LogP contribution is 2.33. The number of anilines is 2. The molecule has 0 heterocycles. The van der Waals surface area contributed by atoms with Gasteiger partial charge in [0.2, 0.25) is 15.9 Å². The van der Waals surface area contributed by atoms with Crippen molar-refractivity contribution < 1.29 is 22.3 Å². The largest absolute Gasteiger partial charge is 0.495 e. The topological polar surface area (TPSA) is 75.7 Å². The lowest BCUT2D eigenvalue weighted by Gasteiger charge is -2.29. The summed E-state index contributed by atoms with van der Waals surface area (Å²) in [7, 11) is -2.40. The molecule has 0 aliphatic rings. The van der Waals surface area contributed by atoms with Gasteiger partial charge in [-0.05, 0) is 49.7 Å². The first kappa shape index (κ1) is 21.0. The van der Waals surface area contributed by atoms with Crippen LogP contribution in [0.1, 0.15) is 12.5 Å². The van der Waals surface area contributed by atoms with Crippen molar-refractivity contribution in [1.29, 1.82) is 0 Å². The third-order valence-corrected chi connectivity index (χ3v) is 5.36. The molecule has 1 unspecified atom stereocenters. The predicted molar refractivity (Wildman–Crippen MR) is 105 cm³/mol. The van der Waals surface area contributed by atoms with Gasteiger partial charge in [0.05, 0.1) is 24.1 Å². The molecule has 0 saturated carbocycles. The minimum Gasteiger partial charge on any atom is -0.495 e. The standard InChI is InChI=1S/C18H20ClFN2O4S/c1-11-5-8-17(26-3)16(9-11)22(27(4,24)25)12(2)18(23)21-13-6-7-15(20)14(19)10-13/h5-10,12H,1-4H3,(H,21,23). The first-order chi connectivity index (χ1) is 12.5. The fourth-order valence-corrected chi connectivity index (χ4v) is 3.92.